The number of nitrogens with zero attached hydrogens (tertiary/aromatic N) is 1. The van der Waals surface area contributed by atoms with E-state index in [4.69, 9.17) is 4.74 Å². The molecule has 2 aromatic rings. The summed E-state index contributed by atoms with van der Waals surface area (Å²) in [6.45, 7) is 2.08. The Morgan fingerprint density at radius 3 is 2.73 bits per heavy atom. The van der Waals surface area contributed by atoms with Crippen LogP contribution in [0.15, 0.2) is 52.3 Å². The molecule has 1 aliphatic heterocycles. The Balaban J connectivity index is 2.00. The van der Waals surface area contributed by atoms with Crippen LogP contribution in [-0.4, -0.2) is 33.7 Å². The van der Waals surface area contributed by atoms with Crippen molar-refractivity contribution in [2.24, 2.45) is 0 Å². The number of anilines is 2. The Hall–Kier alpha value is -2.19. The molecule has 26 heavy (non-hydrogen) atoms. The van der Waals surface area contributed by atoms with Gasteiger partial charge in [0.1, 0.15) is 5.75 Å². The van der Waals surface area contributed by atoms with Crippen LogP contribution in [0.2, 0.25) is 0 Å². The van der Waals surface area contributed by atoms with E-state index in [9.17, 15) is 13.2 Å². The highest BCUT2D eigenvalue weighted by molar-refractivity contribution is 7.99. The molecule has 0 saturated heterocycles. The first-order valence-corrected chi connectivity index (χ1v) is 10.6. The average Bonchev–Trinajstić information content (AvgIpc) is 2.83. The number of fused-ring (bicyclic) bond motifs is 1. The molecule has 0 aliphatic carbocycles. The Morgan fingerprint density at radius 1 is 1.23 bits per heavy atom. The molecule has 0 bridgehead atoms. The molecule has 8 heteroatoms. The van der Waals surface area contributed by atoms with Crippen molar-refractivity contribution in [3.63, 3.8) is 0 Å². The fraction of sp³-hybridized carbons (Fsp3) is 0.278. The lowest BCUT2D eigenvalue weighted by atomic mass is 10.2. The molecule has 0 spiro atoms. The number of hydrogen-bond donors (Lipinski definition) is 1. The van der Waals surface area contributed by atoms with E-state index in [2.05, 4.69) is 4.72 Å². The van der Waals surface area contributed by atoms with Gasteiger partial charge in [-0.3, -0.25) is 9.52 Å². The van der Waals surface area contributed by atoms with Crippen molar-refractivity contribution in [2.75, 3.05) is 29.0 Å². The maximum atomic E-state index is 12.8. The summed E-state index contributed by atoms with van der Waals surface area (Å²) in [5.41, 5.74) is 1.01. The topological polar surface area (TPSA) is 75.7 Å². The van der Waals surface area contributed by atoms with E-state index in [0.717, 1.165) is 17.1 Å². The van der Waals surface area contributed by atoms with E-state index < -0.39 is 10.0 Å². The summed E-state index contributed by atoms with van der Waals surface area (Å²) in [5.74, 6) is 1.23. The lowest BCUT2D eigenvalue weighted by molar-refractivity contribution is -0.116. The summed E-state index contributed by atoms with van der Waals surface area (Å²) in [5, 5.41) is 0. The number of methoxy groups -OCH3 is 1. The molecular weight excluding hydrogens is 372 g/mol. The van der Waals surface area contributed by atoms with Gasteiger partial charge in [-0.25, -0.2) is 8.42 Å². The Labute approximate surface area is 157 Å². The van der Waals surface area contributed by atoms with E-state index in [1.807, 2.05) is 0 Å². The van der Waals surface area contributed by atoms with Gasteiger partial charge in [-0.1, -0.05) is 12.1 Å². The van der Waals surface area contributed by atoms with Crippen LogP contribution in [0.4, 0.5) is 11.4 Å². The number of nitrogens with one attached hydrogen (secondary N) is 1. The number of carbonyl (C=O) groups excluding carboxylic acids is 1. The van der Waals surface area contributed by atoms with Crippen LogP contribution in [0, 0.1) is 0 Å². The number of rotatable bonds is 4. The minimum atomic E-state index is -3.82. The van der Waals surface area contributed by atoms with Crippen LogP contribution >= 0.6 is 11.8 Å². The number of para-hydroxylation sites is 2. The highest BCUT2D eigenvalue weighted by Gasteiger charge is 2.23. The van der Waals surface area contributed by atoms with Gasteiger partial charge >= 0.3 is 0 Å². The first kappa shape index (κ1) is 18.6. The Bertz CT molecular complexity index is 929. The number of benzene rings is 2. The molecule has 0 atom stereocenters. The summed E-state index contributed by atoms with van der Waals surface area (Å²) in [7, 11) is -2.33. The monoisotopic (exact) mass is 392 g/mol. The van der Waals surface area contributed by atoms with Gasteiger partial charge in [0.25, 0.3) is 10.0 Å². The highest BCUT2D eigenvalue weighted by Crippen LogP contribution is 2.36. The lowest BCUT2D eigenvalue weighted by Crippen LogP contribution is -2.29. The standard InChI is InChI=1S/C18H20N2O4S2/c1-13(21)20-10-5-11-25-18-9-8-14(12-16(18)20)26(22,23)19-15-6-3-4-7-17(15)24-2/h3-4,6-9,12,19H,5,10-11H2,1-2H3. The SMILES string of the molecule is COc1ccccc1NS(=O)(=O)c1ccc2c(c1)N(C(C)=O)CCCS2. The van der Waals surface area contributed by atoms with E-state index >= 15 is 0 Å². The van der Waals surface area contributed by atoms with Gasteiger partial charge in [-0.2, -0.15) is 0 Å². The average molecular weight is 393 g/mol. The summed E-state index contributed by atoms with van der Waals surface area (Å²) < 4.78 is 33.4. The third-order valence-corrected chi connectivity index (χ3v) is 6.56. The Kier molecular flexibility index (Phi) is 5.43. The summed E-state index contributed by atoms with van der Waals surface area (Å²) in [6, 6.07) is 11.7. The number of ether oxygens (including phenoxy) is 1. The second-order valence-corrected chi connectivity index (χ2v) is 8.63. The number of sulfonamides is 1. The second-order valence-electron chi connectivity index (χ2n) is 5.81. The number of hydrogen-bond acceptors (Lipinski definition) is 5. The van der Waals surface area contributed by atoms with Gasteiger partial charge in [-0.15, -0.1) is 11.8 Å². The van der Waals surface area contributed by atoms with Crippen molar-refractivity contribution in [3.8, 4) is 5.75 Å². The minimum Gasteiger partial charge on any atom is -0.495 e. The Morgan fingerprint density at radius 2 is 2.00 bits per heavy atom. The molecule has 1 heterocycles. The molecule has 3 rings (SSSR count). The zero-order valence-corrected chi connectivity index (χ0v) is 16.2. The normalized spacial score (nSPS) is 14.3. The molecule has 1 aliphatic rings. The van der Waals surface area contributed by atoms with Crippen LogP contribution in [0.25, 0.3) is 0 Å². The van der Waals surface area contributed by atoms with E-state index in [0.29, 0.717) is 23.7 Å². The van der Waals surface area contributed by atoms with Gasteiger partial charge in [0.2, 0.25) is 5.91 Å². The third kappa shape index (κ3) is 3.81. The predicted molar refractivity (Wildman–Crippen MR) is 104 cm³/mol. The number of carbonyl (C=O) groups is 1. The van der Waals surface area contributed by atoms with Gasteiger partial charge in [-0.05, 0) is 42.5 Å². The largest absolute Gasteiger partial charge is 0.495 e. The van der Waals surface area contributed by atoms with E-state index in [1.165, 1.54) is 14.0 Å². The van der Waals surface area contributed by atoms with Crippen molar-refractivity contribution in [3.05, 3.63) is 42.5 Å². The third-order valence-electron chi connectivity index (χ3n) is 4.05. The van der Waals surface area contributed by atoms with Gasteiger partial charge in [0.15, 0.2) is 0 Å². The fourth-order valence-corrected chi connectivity index (χ4v) is 4.85. The lowest BCUT2D eigenvalue weighted by Gasteiger charge is -2.21. The molecule has 6 nitrogen and oxygen atoms in total. The smallest absolute Gasteiger partial charge is 0.262 e. The van der Waals surface area contributed by atoms with E-state index in [1.54, 1.807) is 59.1 Å². The predicted octanol–water partition coefficient (Wildman–Crippen LogP) is 3.34. The fourth-order valence-electron chi connectivity index (χ4n) is 2.78. The van der Waals surface area contributed by atoms with Crippen LogP contribution in [0.1, 0.15) is 13.3 Å². The first-order chi connectivity index (χ1) is 12.4. The molecule has 0 radical (unpaired) electrons. The zero-order chi connectivity index (χ0) is 18.7. The van der Waals surface area contributed by atoms with Crippen molar-refractivity contribution < 1.29 is 17.9 Å². The molecule has 138 valence electrons. The molecule has 1 N–H and O–H groups in total. The van der Waals surface area contributed by atoms with Crippen LogP contribution < -0.4 is 14.4 Å². The number of amides is 1. The second kappa shape index (κ2) is 7.59. The summed E-state index contributed by atoms with van der Waals surface area (Å²) >= 11 is 1.63. The van der Waals surface area contributed by atoms with Gasteiger partial charge in [0.05, 0.1) is 23.4 Å². The van der Waals surface area contributed by atoms with Crippen molar-refractivity contribution >= 4 is 39.1 Å². The maximum Gasteiger partial charge on any atom is 0.262 e. The minimum absolute atomic E-state index is 0.0963. The number of thioether (sulfide) groups is 1. The van der Waals surface area contributed by atoms with Crippen LogP contribution in [0.5, 0.6) is 5.75 Å². The molecule has 2 aromatic carbocycles. The quantitative estimate of drug-likeness (QED) is 0.864. The van der Waals surface area contributed by atoms with Gasteiger partial charge in [0, 0.05) is 18.4 Å². The first-order valence-electron chi connectivity index (χ1n) is 8.13. The van der Waals surface area contributed by atoms with E-state index in [-0.39, 0.29) is 10.8 Å². The molecular formula is C18H20N2O4S2. The summed E-state index contributed by atoms with van der Waals surface area (Å²) in [6.07, 6.45) is 0.862. The van der Waals surface area contributed by atoms with Crippen LogP contribution in [-0.2, 0) is 14.8 Å². The zero-order valence-electron chi connectivity index (χ0n) is 14.6. The molecule has 0 unspecified atom stereocenters. The molecule has 0 fully saturated rings. The van der Waals surface area contributed by atoms with Gasteiger partial charge < -0.3 is 9.64 Å². The maximum absolute atomic E-state index is 12.8. The van der Waals surface area contributed by atoms with Crippen molar-refractivity contribution in [2.45, 2.75) is 23.1 Å². The van der Waals surface area contributed by atoms with Crippen LogP contribution in [0.3, 0.4) is 0 Å². The summed E-state index contributed by atoms with van der Waals surface area (Å²) in [4.78, 5) is 14.6. The highest BCUT2D eigenvalue weighted by atomic mass is 32.2. The molecule has 0 saturated carbocycles. The van der Waals surface area contributed by atoms with Crippen molar-refractivity contribution in [1.29, 1.82) is 0 Å². The van der Waals surface area contributed by atoms with Crippen molar-refractivity contribution in [1.82, 2.24) is 0 Å². The molecule has 0 aromatic heterocycles. The molecule has 1 amide bonds.